The standard InChI is InChI=1S/C28H36N4O4/c1-4-23(31(18-19-35-2)28(34)29-20-12-6-5-7-13-20)26-30-22-15-9-8-14-21(22)27(33)32(26)24-16-10-11-17-25(24)36-3/h8-11,14-17,20,23H,4-7,12-13,18-19H2,1-3H3,(H,29,34). The van der Waals surface area contributed by atoms with Crippen molar-refractivity contribution < 1.29 is 14.3 Å². The third-order valence-electron chi connectivity index (χ3n) is 6.92. The number of ether oxygens (including phenoxy) is 2. The van der Waals surface area contributed by atoms with Gasteiger partial charge in [0, 0.05) is 19.7 Å². The van der Waals surface area contributed by atoms with E-state index in [0.29, 0.717) is 47.7 Å². The predicted molar refractivity (Wildman–Crippen MR) is 141 cm³/mol. The Hall–Kier alpha value is -3.39. The van der Waals surface area contributed by atoms with Crippen molar-refractivity contribution in [2.45, 2.75) is 57.5 Å². The van der Waals surface area contributed by atoms with Crippen LogP contribution in [0.2, 0.25) is 0 Å². The Kier molecular flexibility index (Phi) is 8.59. The second-order valence-electron chi connectivity index (χ2n) is 9.19. The molecule has 0 saturated heterocycles. The molecule has 4 rings (SSSR count). The number of carbonyl (C=O) groups excluding carboxylic acids is 1. The van der Waals surface area contributed by atoms with Crippen molar-refractivity contribution in [1.29, 1.82) is 0 Å². The third kappa shape index (κ3) is 5.38. The van der Waals surface area contributed by atoms with Crippen molar-refractivity contribution in [3.63, 3.8) is 0 Å². The molecule has 1 saturated carbocycles. The first-order valence-electron chi connectivity index (χ1n) is 12.8. The second kappa shape index (κ2) is 12.0. The van der Waals surface area contributed by atoms with Gasteiger partial charge in [-0.25, -0.2) is 9.78 Å². The van der Waals surface area contributed by atoms with Gasteiger partial charge in [0.2, 0.25) is 0 Å². The van der Waals surface area contributed by atoms with Crippen LogP contribution in [0.15, 0.2) is 53.3 Å². The first-order chi connectivity index (χ1) is 17.6. The second-order valence-corrected chi connectivity index (χ2v) is 9.19. The number of urea groups is 1. The van der Waals surface area contributed by atoms with E-state index >= 15 is 0 Å². The summed E-state index contributed by atoms with van der Waals surface area (Å²) in [5, 5.41) is 3.75. The quantitative estimate of drug-likeness (QED) is 0.462. The van der Waals surface area contributed by atoms with Gasteiger partial charge in [-0.1, -0.05) is 50.5 Å². The molecule has 1 N–H and O–H groups in total. The van der Waals surface area contributed by atoms with Gasteiger partial charge in [0.25, 0.3) is 5.56 Å². The van der Waals surface area contributed by atoms with Crippen LogP contribution in [0.5, 0.6) is 5.75 Å². The number of aromatic nitrogens is 2. The first-order valence-corrected chi connectivity index (χ1v) is 12.8. The van der Waals surface area contributed by atoms with Gasteiger partial charge in [0.1, 0.15) is 11.6 Å². The maximum atomic E-state index is 13.9. The van der Waals surface area contributed by atoms with E-state index in [1.807, 2.05) is 49.4 Å². The number of amides is 2. The summed E-state index contributed by atoms with van der Waals surface area (Å²) < 4.78 is 12.6. The van der Waals surface area contributed by atoms with Crippen molar-refractivity contribution in [2.24, 2.45) is 0 Å². The van der Waals surface area contributed by atoms with Crippen LogP contribution in [0.4, 0.5) is 4.79 Å². The molecular formula is C28H36N4O4. The van der Waals surface area contributed by atoms with Crippen molar-refractivity contribution >= 4 is 16.9 Å². The molecule has 1 unspecified atom stereocenters. The molecule has 8 nitrogen and oxygen atoms in total. The monoisotopic (exact) mass is 492 g/mol. The SMILES string of the molecule is CCC(c1nc2ccccc2c(=O)n1-c1ccccc1OC)N(CCOC)C(=O)NC1CCCCC1. The van der Waals surface area contributed by atoms with Crippen molar-refractivity contribution in [3.8, 4) is 11.4 Å². The highest BCUT2D eigenvalue weighted by Crippen LogP contribution is 2.30. The molecule has 1 heterocycles. The Morgan fingerprint density at radius 1 is 1.11 bits per heavy atom. The minimum atomic E-state index is -0.453. The summed E-state index contributed by atoms with van der Waals surface area (Å²) in [6.45, 7) is 2.76. The number of nitrogens with zero attached hydrogens (tertiary/aromatic N) is 3. The number of nitrogens with one attached hydrogen (secondary N) is 1. The fourth-order valence-corrected chi connectivity index (χ4v) is 5.06. The fraction of sp³-hybridized carbons (Fsp3) is 0.464. The van der Waals surface area contributed by atoms with Gasteiger partial charge < -0.3 is 19.7 Å². The summed E-state index contributed by atoms with van der Waals surface area (Å²) in [5.74, 6) is 1.06. The normalized spacial score (nSPS) is 15.0. The maximum Gasteiger partial charge on any atom is 0.318 e. The van der Waals surface area contributed by atoms with Gasteiger partial charge in [0.05, 0.1) is 36.3 Å². The number of hydrogen-bond acceptors (Lipinski definition) is 5. The van der Waals surface area contributed by atoms with E-state index in [1.165, 1.54) is 6.42 Å². The van der Waals surface area contributed by atoms with Gasteiger partial charge in [-0.3, -0.25) is 9.36 Å². The fourth-order valence-electron chi connectivity index (χ4n) is 5.06. The zero-order valence-electron chi connectivity index (χ0n) is 21.4. The molecule has 1 aliphatic rings. The molecule has 1 aliphatic carbocycles. The Balaban J connectivity index is 1.86. The number of benzene rings is 2. The predicted octanol–water partition coefficient (Wildman–Crippen LogP) is 4.84. The minimum absolute atomic E-state index is 0.153. The van der Waals surface area contributed by atoms with E-state index in [2.05, 4.69) is 5.32 Å². The van der Waals surface area contributed by atoms with Gasteiger partial charge in [-0.15, -0.1) is 0 Å². The average molecular weight is 493 g/mol. The van der Waals surface area contributed by atoms with Crippen LogP contribution in [0.1, 0.15) is 57.3 Å². The lowest BCUT2D eigenvalue weighted by Crippen LogP contribution is -2.49. The number of carbonyl (C=O) groups is 1. The lowest BCUT2D eigenvalue weighted by atomic mass is 9.96. The Bertz CT molecular complexity index is 1240. The van der Waals surface area contributed by atoms with Crippen molar-refractivity contribution in [1.82, 2.24) is 19.8 Å². The molecule has 0 bridgehead atoms. The first kappa shape index (κ1) is 25.7. The van der Waals surface area contributed by atoms with Crippen molar-refractivity contribution in [3.05, 3.63) is 64.7 Å². The number of methoxy groups -OCH3 is 2. The van der Waals surface area contributed by atoms with E-state index in [-0.39, 0.29) is 17.6 Å². The molecule has 0 aliphatic heterocycles. The highest BCUT2D eigenvalue weighted by molar-refractivity contribution is 5.79. The van der Waals surface area contributed by atoms with Crippen LogP contribution < -0.4 is 15.6 Å². The molecule has 1 atom stereocenters. The summed E-state index contributed by atoms with van der Waals surface area (Å²) >= 11 is 0. The number of rotatable bonds is 9. The number of fused-ring (bicyclic) bond motifs is 1. The van der Waals surface area contributed by atoms with E-state index in [9.17, 15) is 9.59 Å². The Morgan fingerprint density at radius 3 is 2.56 bits per heavy atom. The zero-order valence-corrected chi connectivity index (χ0v) is 21.4. The smallest absolute Gasteiger partial charge is 0.318 e. The lowest BCUT2D eigenvalue weighted by Gasteiger charge is -2.34. The van der Waals surface area contributed by atoms with Gasteiger partial charge >= 0.3 is 6.03 Å². The summed E-state index contributed by atoms with van der Waals surface area (Å²) in [5.41, 5.74) is 0.996. The molecule has 3 aromatic rings. The van der Waals surface area contributed by atoms with Gasteiger partial charge in [-0.2, -0.15) is 0 Å². The molecule has 2 amide bonds. The molecule has 36 heavy (non-hydrogen) atoms. The Morgan fingerprint density at radius 2 is 1.83 bits per heavy atom. The zero-order chi connectivity index (χ0) is 25.5. The van der Waals surface area contributed by atoms with Gasteiger partial charge in [-0.05, 0) is 43.5 Å². The topological polar surface area (TPSA) is 85.7 Å². The van der Waals surface area contributed by atoms with Crippen LogP contribution in [0.25, 0.3) is 16.6 Å². The maximum absolute atomic E-state index is 13.9. The molecule has 2 aromatic carbocycles. The summed E-state index contributed by atoms with van der Waals surface area (Å²) in [6.07, 6.45) is 6.01. The highest BCUT2D eigenvalue weighted by Gasteiger charge is 2.31. The molecule has 1 aromatic heterocycles. The minimum Gasteiger partial charge on any atom is -0.495 e. The van der Waals surface area contributed by atoms with Gasteiger partial charge in [0.15, 0.2) is 0 Å². The van der Waals surface area contributed by atoms with Crippen LogP contribution in [-0.2, 0) is 4.74 Å². The average Bonchev–Trinajstić information content (AvgIpc) is 2.91. The molecule has 0 radical (unpaired) electrons. The van der Waals surface area contributed by atoms with E-state index in [4.69, 9.17) is 14.5 Å². The summed E-state index contributed by atoms with van der Waals surface area (Å²) in [6, 6.07) is 14.3. The van der Waals surface area contributed by atoms with E-state index in [0.717, 1.165) is 25.7 Å². The number of para-hydroxylation sites is 3. The van der Waals surface area contributed by atoms with Crippen LogP contribution in [0, 0.1) is 0 Å². The third-order valence-corrected chi connectivity index (χ3v) is 6.92. The van der Waals surface area contributed by atoms with Crippen LogP contribution >= 0.6 is 0 Å². The molecule has 1 fully saturated rings. The number of hydrogen-bond donors (Lipinski definition) is 1. The summed E-state index contributed by atoms with van der Waals surface area (Å²) in [4.78, 5) is 34.2. The Labute approximate surface area is 212 Å². The van der Waals surface area contributed by atoms with Crippen LogP contribution in [-0.4, -0.2) is 53.9 Å². The molecule has 0 spiro atoms. The molecular weight excluding hydrogens is 456 g/mol. The molecule has 192 valence electrons. The van der Waals surface area contributed by atoms with E-state index in [1.54, 1.807) is 29.8 Å². The summed E-state index contributed by atoms with van der Waals surface area (Å²) in [7, 11) is 3.20. The van der Waals surface area contributed by atoms with Crippen molar-refractivity contribution in [2.75, 3.05) is 27.4 Å². The molecule has 8 heteroatoms. The van der Waals surface area contributed by atoms with Crippen LogP contribution in [0.3, 0.4) is 0 Å². The lowest BCUT2D eigenvalue weighted by molar-refractivity contribution is 0.121. The largest absolute Gasteiger partial charge is 0.495 e. The highest BCUT2D eigenvalue weighted by atomic mass is 16.5. The van der Waals surface area contributed by atoms with E-state index < -0.39 is 6.04 Å².